The quantitative estimate of drug-likeness (QED) is 0.781. The van der Waals surface area contributed by atoms with Crippen LogP contribution in [0.5, 0.6) is 5.75 Å². The van der Waals surface area contributed by atoms with Crippen LogP contribution in [0.3, 0.4) is 0 Å². The maximum Gasteiger partial charge on any atom is 0.265 e. The fourth-order valence-corrected chi connectivity index (χ4v) is 2.60. The van der Waals surface area contributed by atoms with Crippen LogP contribution in [0.15, 0.2) is 54.7 Å². The third-order valence-corrected chi connectivity index (χ3v) is 3.91. The molecule has 1 atom stereocenters. The molecule has 0 aliphatic carbocycles. The summed E-state index contributed by atoms with van der Waals surface area (Å²) in [5.74, 6) is 0.422. The summed E-state index contributed by atoms with van der Waals surface area (Å²) in [5, 5.41) is 3.90. The summed E-state index contributed by atoms with van der Waals surface area (Å²) in [7, 11) is 0. The molecule has 1 unspecified atom stereocenters. The van der Waals surface area contributed by atoms with Crippen molar-refractivity contribution in [3.8, 4) is 5.75 Å². The molecule has 0 spiro atoms. The van der Waals surface area contributed by atoms with E-state index < -0.39 is 6.10 Å². The van der Waals surface area contributed by atoms with E-state index in [-0.39, 0.29) is 5.91 Å². The smallest absolute Gasteiger partial charge is 0.265 e. The number of carbonyl (C=O) groups excluding carboxylic acids is 1. The topological polar surface area (TPSA) is 51.2 Å². The zero-order chi connectivity index (χ0) is 17.1. The van der Waals surface area contributed by atoms with Gasteiger partial charge >= 0.3 is 0 Å². The maximum atomic E-state index is 12.4. The van der Waals surface area contributed by atoms with Gasteiger partial charge in [0.2, 0.25) is 0 Å². The summed E-state index contributed by atoms with van der Waals surface area (Å²) in [6.45, 7) is 5.74. The highest BCUT2D eigenvalue weighted by Crippen LogP contribution is 2.24. The van der Waals surface area contributed by atoms with Crippen LogP contribution in [-0.4, -0.2) is 17.0 Å². The highest BCUT2D eigenvalue weighted by molar-refractivity contribution is 5.95. The number of pyridine rings is 1. The van der Waals surface area contributed by atoms with Gasteiger partial charge < -0.3 is 10.1 Å². The summed E-state index contributed by atoms with van der Waals surface area (Å²) < 4.78 is 5.85. The van der Waals surface area contributed by atoms with E-state index in [1.54, 1.807) is 13.1 Å². The Kier molecular flexibility index (Phi) is 4.47. The van der Waals surface area contributed by atoms with Gasteiger partial charge in [-0.1, -0.05) is 35.9 Å². The normalized spacial score (nSPS) is 12.0. The molecule has 3 aromatic rings. The second-order valence-electron chi connectivity index (χ2n) is 5.90. The molecule has 0 saturated heterocycles. The van der Waals surface area contributed by atoms with Gasteiger partial charge in [-0.2, -0.15) is 0 Å². The van der Waals surface area contributed by atoms with E-state index in [2.05, 4.69) is 10.3 Å². The van der Waals surface area contributed by atoms with Crippen molar-refractivity contribution in [2.24, 2.45) is 0 Å². The van der Waals surface area contributed by atoms with Crippen LogP contribution in [-0.2, 0) is 4.79 Å². The molecular weight excluding hydrogens is 300 g/mol. The number of rotatable bonds is 4. The molecule has 1 aromatic heterocycles. The predicted octanol–water partition coefficient (Wildman–Crippen LogP) is 4.26. The fraction of sp³-hybridized carbons (Fsp3) is 0.200. The maximum absolute atomic E-state index is 12.4. The SMILES string of the molecule is Cc1ccc(NC(=O)C(C)Oc2cccc3cccnc23)c(C)c1. The highest BCUT2D eigenvalue weighted by Gasteiger charge is 2.17. The van der Waals surface area contributed by atoms with Crippen molar-refractivity contribution < 1.29 is 9.53 Å². The standard InChI is InChI=1S/C20H20N2O2/c1-13-9-10-17(14(2)12-13)22-20(23)15(3)24-18-8-4-6-16-7-5-11-21-19(16)18/h4-12,15H,1-3H3,(H,22,23). The molecule has 0 saturated carbocycles. The van der Waals surface area contributed by atoms with E-state index in [1.165, 1.54) is 0 Å². The van der Waals surface area contributed by atoms with Crippen LogP contribution >= 0.6 is 0 Å². The number of benzene rings is 2. The summed E-state index contributed by atoms with van der Waals surface area (Å²) in [6, 6.07) is 15.5. The van der Waals surface area contributed by atoms with E-state index in [1.807, 2.05) is 62.4 Å². The lowest BCUT2D eigenvalue weighted by atomic mass is 10.1. The Hall–Kier alpha value is -2.88. The van der Waals surface area contributed by atoms with Crippen molar-refractivity contribution in [2.75, 3.05) is 5.32 Å². The fourth-order valence-electron chi connectivity index (χ4n) is 2.60. The Morgan fingerprint density at radius 3 is 2.71 bits per heavy atom. The molecular formula is C20H20N2O2. The third kappa shape index (κ3) is 3.38. The first-order chi connectivity index (χ1) is 11.5. The van der Waals surface area contributed by atoms with Gasteiger partial charge in [0, 0.05) is 17.3 Å². The molecule has 1 N–H and O–H groups in total. The van der Waals surface area contributed by atoms with Gasteiger partial charge in [-0.3, -0.25) is 9.78 Å². The van der Waals surface area contributed by atoms with Crippen molar-refractivity contribution in [3.63, 3.8) is 0 Å². The summed E-state index contributed by atoms with van der Waals surface area (Å²) in [5.41, 5.74) is 3.75. The lowest BCUT2D eigenvalue weighted by molar-refractivity contribution is -0.122. The molecule has 4 nitrogen and oxygen atoms in total. The third-order valence-electron chi connectivity index (χ3n) is 3.91. The van der Waals surface area contributed by atoms with E-state index in [4.69, 9.17) is 4.74 Å². The second kappa shape index (κ2) is 6.71. The van der Waals surface area contributed by atoms with Crippen LogP contribution in [0.1, 0.15) is 18.1 Å². The molecule has 1 heterocycles. The molecule has 2 aromatic carbocycles. The van der Waals surface area contributed by atoms with Crippen molar-refractivity contribution in [1.29, 1.82) is 0 Å². The van der Waals surface area contributed by atoms with Crippen LogP contribution in [0.2, 0.25) is 0 Å². The van der Waals surface area contributed by atoms with E-state index >= 15 is 0 Å². The van der Waals surface area contributed by atoms with Gasteiger partial charge in [-0.25, -0.2) is 0 Å². The number of carbonyl (C=O) groups is 1. The predicted molar refractivity (Wildman–Crippen MR) is 96.4 cm³/mol. The number of fused-ring (bicyclic) bond motifs is 1. The van der Waals surface area contributed by atoms with Gasteiger partial charge in [0.25, 0.3) is 5.91 Å². The first-order valence-corrected chi connectivity index (χ1v) is 7.93. The summed E-state index contributed by atoms with van der Waals surface area (Å²) >= 11 is 0. The first-order valence-electron chi connectivity index (χ1n) is 7.93. The number of aryl methyl sites for hydroxylation is 2. The molecule has 3 rings (SSSR count). The average molecular weight is 320 g/mol. The van der Waals surface area contributed by atoms with Gasteiger partial charge in [0.05, 0.1) is 0 Å². The molecule has 0 aliphatic heterocycles. The van der Waals surface area contributed by atoms with Crippen LogP contribution in [0.4, 0.5) is 5.69 Å². The lowest BCUT2D eigenvalue weighted by Gasteiger charge is -2.16. The Balaban J connectivity index is 1.76. The zero-order valence-electron chi connectivity index (χ0n) is 14.0. The lowest BCUT2D eigenvalue weighted by Crippen LogP contribution is -2.30. The summed E-state index contributed by atoms with van der Waals surface area (Å²) in [4.78, 5) is 16.8. The minimum atomic E-state index is -0.627. The Bertz CT molecular complexity index is 884. The van der Waals surface area contributed by atoms with Crippen molar-refractivity contribution in [1.82, 2.24) is 4.98 Å². The minimum Gasteiger partial charge on any atom is -0.479 e. The van der Waals surface area contributed by atoms with Crippen LogP contribution < -0.4 is 10.1 Å². The van der Waals surface area contributed by atoms with Crippen LogP contribution in [0.25, 0.3) is 10.9 Å². The van der Waals surface area contributed by atoms with Gasteiger partial charge in [-0.15, -0.1) is 0 Å². The Morgan fingerprint density at radius 1 is 1.12 bits per heavy atom. The molecule has 4 heteroatoms. The molecule has 122 valence electrons. The molecule has 0 radical (unpaired) electrons. The molecule has 0 aliphatic rings. The van der Waals surface area contributed by atoms with Gasteiger partial charge in [-0.05, 0) is 44.5 Å². The van der Waals surface area contributed by atoms with E-state index in [9.17, 15) is 4.79 Å². The molecule has 1 amide bonds. The van der Waals surface area contributed by atoms with Crippen molar-refractivity contribution in [2.45, 2.75) is 26.9 Å². The Labute approximate surface area is 141 Å². The summed E-state index contributed by atoms with van der Waals surface area (Å²) in [6.07, 6.45) is 1.09. The van der Waals surface area contributed by atoms with Gasteiger partial charge in [0.15, 0.2) is 6.10 Å². The zero-order valence-corrected chi connectivity index (χ0v) is 14.0. The first kappa shape index (κ1) is 16.0. The number of aromatic nitrogens is 1. The molecule has 0 fully saturated rings. The number of para-hydroxylation sites is 1. The van der Waals surface area contributed by atoms with Crippen molar-refractivity contribution >= 4 is 22.5 Å². The van der Waals surface area contributed by atoms with Crippen molar-refractivity contribution in [3.05, 3.63) is 65.9 Å². The van der Waals surface area contributed by atoms with E-state index in [0.29, 0.717) is 5.75 Å². The highest BCUT2D eigenvalue weighted by atomic mass is 16.5. The monoisotopic (exact) mass is 320 g/mol. The number of amides is 1. The number of anilines is 1. The number of nitrogens with zero attached hydrogens (tertiary/aromatic N) is 1. The Morgan fingerprint density at radius 2 is 1.92 bits per heavy atom. The number of hydrogen-bond acceptors (Lipinski definition) is 3. The van der Waals surface area contributed by atoms with Crippen LogP contribution in [0, 0.1) is 13.8 Å². The number of ether oxygens (including phenoxy) is 1. The molecule has 0 bridgehead atoms. The average Bonchev–Trinajstić information content (AvgIpc) is 2.57. The largest absolute Gasteiger partial charge is 0.479 e. The molecule has 24 heavy (non-hydrogen) atoms. The number of nitrogens with one attached hydrogen (secondary N) is 1. The number of hydrogen-bond donors (Lipinski definition) is 1. The van der Waals surface area contributed by atoms with E-state index in [0.717, 1.165) is 27.7 Å². The van der Waals surface area contributed by atoms with Gasteiger partial charge in [0.1, 0.15) is 11.3 Å². The second-order valence-corrected chi connectivity index (χ2v) is 5.90. The minimum absolute atomic E-state index is 0.185.